The highest BCUT2D eigenvalue weighted by atomic mass is 35.5. The van der Waals surface area contributed by atoms with Crippen LogP contribution >= 0.6 is 11.6 Å². The summed E-state index contributed by atoms with van der Waals surface area (Å²) in [6, 6.07) is 8.01. The average molecular weight is 324 g/mol. The van der Waals surface area contributed by atoms with Crippen LogP contribution in [0.4, 0.5) is 4.39 Å². The molecule has 114 valence electrons. The summed E-state index contributed by atoms with van der Waals surface area (Å²) < 4.78 is 17.8. The van der Waals surface area contributed by atoms with Crippen molar-refractivity contribution in [3.05, 3.63) is 59.1 Å². The number of hydrogen-bond acceptors (Lipinski definition) is 4. The number of pyridine rings is 1. The highest BCUT2D eigenvalue weighted by Gasteiger charge is 2.08. The molecule has 0 radical (unpaired) electrons. The second-order valence-electron chi connectivity index (χ2n) is 4.11. The van der Waals surface area contributed by atoms with E-state index in [0.717, 1.165) is 0 Å². The number of ether oxygens (including phenoxy) is 1. The number of carbonyl (C=O) groups excluding carboxylic acids is 2. The summed E-state index contributed by atoms with van der Waals surface area (Å²) in [7, 11) is 0. The van der Waals surface area contributed by atoms with E-state index in [1.807, 2.05) is 0 Å². The van der Waals surface area contributed by atoms with Crippen molar-refractivity contribution in [2.24, 2.45) is 0 Å². The molecular formula is C14H11ClFN3O3. The summed E-state index contributed by atoms with van der Waals surface area (Å²) >= 11 is 5.66. The number of carbonyl (C=O) groups is 2. The van der Waals surface area contributed by atoms with Crippen molar-refractivity contribution < 1.29 is 18.7 Å². The van der Waals surface area contributed by atoms with E-state index in [0.29, 0.717) is 5.75 Å². The van der Waals surface area contributed by atoms with Crippen molar-refractivity contribution in [2.45, 2.75) is 0 Å². The number of benzene rings is 1. The Morgan fingerprint density at radius 2 is 1.91 bits per heavy atom. The van der Waals surface area contributed by atoms with Crippen molar-refractivity contribution in [1.29, 1.82) is 0 Å². The molecule has 0 atom stereocenters. The SMILES string of the molecule is O=C(COc1ccc(F)cc1)NNC(=O)c1ccnc(Cl)c1. The molecule has 1 aromatic heterocycles. The quantitative estimate of drug-likeness (QED) is 0.663. The number of hydrazine groups is 1. The van der Waals surface area contributed by atoms with Gasteiger partial charge in [-0.15, -0.1) is 0 Å². The molecule has 0 aliphatic rings. The zero-order valence-corrected chi connectivity index (χ0v) is 11.9. The Hall–Kier alpha value is -2.67. The fourth-order valence-electron chi connectivity index (χ4n) is 1.46. The van der Waals surface area contributed by atoms with Crippen molar-refractivity contribution in [3.8, 4) is 5.75 Å². The van der Waals surface area contributed by atoms with E-state index in [2.05, 4.69) is 15.8 Å². The van der Waals surface area contributed by atoms with E-state index in [1.54, 1.807) is 0 Å². The third-order valence-electron chi connectivity index (χ3n) is 2.49. The first kappa shape index (κ1) is 15.7. The van der Waals surface area contributed by atoms with Gasteiger partial charge in [-0.2, -0.15) is 0 Å². The van der Waals surface area contributed by atoms with Crippen LogP contribution in [0.2, 0.25) is 5.15 Å². The Morgan fingerprint density at radius 1 is 1.18 bits per heavy atom. The van der Waals surface area contributed by atoms with Crippen molar-refractivity contribution in [1.82, 2.24) is 15.8 Å². The van der Waals surface area contributed by atoms with Gasteiger partial charge in [-0.05, 0) is 36.4 Å². The van der Waals surface area contributed by atoms with Gasteiger partial charge in [-0.1, -0.05) is 11.6 Å². The minimum atomic E-state index is -0.571. The van der Waals surface area contributed by atoms with Gasteiger partial charge in [0.15, 0.2) is 6.61 Å². The van der Waals surface area contributed by atoms with Gasteiger partial charge in [0, 0.05) is 11.8 Å². The van der Waals surface area contributed by atoms with E-state index in [1.165, 1.54) is 42.6 Å². The average Bonchev–Trinajstić information content (AvgIpc) is 2.52. The molecule has 6 nitrogen and oxygen atoms in total. The number of halogens is 2. The molecule has 2 rings (SSSR count). The molecule has 0 saturated carbocycles. The molecule has 2 amide bonds. The maximum atomic E-state index is 12.7. The molecule has 2 N–H and O–H groups in total. The summed E-state index contributed by atoms with van der Waals surface area (Å²) in [5.74, 6) is -1.18. The van der Waals surface area contributed by atoms with Gasteiger partial charge < -0.3 is 4.74 Å². The lowest BCUT2D eigenvalue weighted by molar-refractivity contribution is -0.123. The molecule has 1 aromatic carbocycles. The molecule has 0 spiro atoms. The van der Waals surface area contributed by atoms with Crippen LogP contribution in [-0.2, 0) is 4.79 Å². The number of hydrogen-bond donors (Lipinski definition) is 2. The number of rotatable bonds is 4. The smallest absolute Gasteiger partial charge is 0.276 e. The van der Waals surface area contributed by atoms with Gasteiger partial charge in [0.05, 0.1) is 0 Å². The lowest BCUT2D eigenvalue weighted by atomic mass is 10.2. The van der Waals surface area contributed by atoms with Gasteiger partial charge in [0.25, 0.3) is 11.8 Å². The summed E-state index contributed by atoms with van der Waals surface area (Å²) in [6.07, 6.45) is 1.37. The standard InChI is InChI=1S/C14H11ClFN3O3/c15-12-7-9(5-6-17-12)14(21)19-18-13(20)8-22-11-3-1-10(16)2-4-11/h1-7H,8H2,(H,18,20)(H,19,21). The summed E-state index contributed by atoms with van der Waals surface area (Å²) in [4.78, 5) is 27.0. The van der Waals surface area contributed by atoms with Crippen LogP contribution in [0.15, 0.2) is 42.6 Å². The van der Waals surface area contributed by atoms with Crippen LogP contribution in [0.5, 0.6) is 5.75 Å². The molecular weight excluding hydrogens is 313 g/mol. The minimum Gasteiger partial charge on any atom is -0.484 e. The Morgan fingerprint density at radius 3 is 2.59 bits per heavy atom. The van der Waals surface area contributed by atoms with Gasteiger partial charge in [-0.25, -0.2) is 9.37 Å². The number of nitrogens with one attached hydrogen (secondary N) is 2. The Labute approximate surface area is 130 Å². The second-order valence-corrected chi connectivity index (χ2v) is 4.50. The van der Waals surface area contributed by atoms with Crippen molar-refractivity contribution >= 4 is 23.4 Å². The third kappa shape index (κ3) is 4.71. The molecule has 0 aliphatic heterocycles. The normalized spacial score (nSPS) is 9.91. The number of aromatic nitrogens is 1. The molecule has 0 aliphatic carbocycles. The number of nitrogens with zero attached hydrogens (tertiary/aromatic N) is 1. The van der Waals surface area contributed by atoms with Crippen LogP contribution in [0.25, 0.3) is 0 Å². The molecule has 0 unspecified atom stereocenters. The maximum Gasteiger partial charge on any atom is 0.276 e. The molecule has 0 saturated heterocycles. The fourth-order valence-corrected chi connectivity index (χ4v) is 1.63. The predicted octanol–water partition coefficient (Wildman–Crippen LogP) is 1.71. The predicted molar refractivity (Wildman–Crippen MR) is 76.8 cm³/mol. The van der Waals surface area contributed by atoms with Crippen LogP contribution < -0.4 is 15.6 Å². The van der Waals surface area contributed by atoms with Crippen LogP contribution in [0.3, 0.4) is 0 Å². The monoisotopic (exact) mass is 323 g/mol. The van der Waals surface area contributed by atoms with Gasteiger partial charge in [0.1, 0.15) is 16.7 Å². The second kappa shape index (κ2) is 7.37. The van der Waals surface area contributed by atoms with Crippen LogP contribution in [0.1, 0.15) is 10.4 Å². The Balaban J connectivity index is 1.78. The first-order valence-corrected chi connectivity index (χ1v) is 6.51. The largest absolute Gasteiger partial charge is 0.484 e. The zero-order chi connectivity index (χ0) is 15.9. The molecule has 8 heteroatoms. The summed E-state index contributed by atoms with van der Waals surface area (Å²) in [6.45, 7) is -0.330. The zero-order valence-electron chi connectivity index (χ0n) is 11.2. The lowest BCUT2D eigenvalue weighted by Crippen LogP contribution is -2.43. The van der Waals surface area contributed by atoms with E-state index in [9.17, 15) is 14.0 Å². The van der Waals surface area contributed by atoms with E-state index < -0.39 is 17.6 Å². The fraction of sp³-hybridized carbons (Fsp3) is 0.0714. The van der Waals surface area contributed by atoms with Gasteiger partial charge in [0.2, 0.25) is 0 Å². The van der Waals surface area contributed by atoms with Crippen molar-refractivity contribution in [2.75, 3.05) is 6.61 Å². The molecule has 22 heavy (non-hydrogen) atoms. The van der Waals surface area contributed by atoms with E-state index in [4.69, 9.17) is 16.3 Å². The first-order valence-electron chi connectivity index (χ1n) is 6.14. The van der Waals surface area contributed by atoms with Crippen LogP contribution in [0, 0.1) is 5.82 Å². The van der Waals surface area contributed by atoms with Crippen molar-refractivity contribution in [3.63, 3.8) is 0 Å². The van der Waals surface area contributed by atoms with E-state index in [-0.39, 0.29) is 17.3 Å². The molecule has 0 fully saturated rings. The topological polar surface area (TPSA) is 80.3 Å². The first-order chi connectivity index (χ1) is 10.5. The summed E-state index contributed by atoms with van der Waals surface area (Å²) in [5.41, 5.74) is 4.64. The molecule has 0 bridgehead atoms. The Kier molecular flexibility index (Phi) is 5.26. The summed E-state index contributed by atoms with van der Waals surface area (Å²) in [5, 5.41) is 0.165. The highest BCUT2D eigenvalue weighted by molar-refractivity contribution is 6.29. The molecule has 2 aromatic rings. The molecule has 1 heterocycles. The van der Waals surface area contributed by atoms with Gasteiger partial charge >= 0.3 is 0 Å². The van der Waals surface area contributed by atoms with Gasteiger partial charge in [-0.3, -0.25) is 20.4 Å². The number of amides is 2. The Bertz CT molecular complexity index is 679. The third-order valence-corrected chi connectivity index (χ3v) is 2.69. The highest BCUT2D eigenvalue weighted by Crippen LogP contribution is 2.10. The van der Waals surface area contributed by atoms with E-state index >= 15 is 0 Å². The van der Waals surface area contributed by atoms with Crippen LogP contribution in [-0.4, -0.2) is 23.4 Å². The lowest BCUT2D eigenvalue weighted by Gasteiger charge is -2.08. The minimum absolute atomic E-state index is 0.165. The maximum absolute atomic E-state index is 12.7.